The van der Waals surface area contributed by atoms with E-state index >= 15 is 0 Å². The highest BCUT2D eigenvalue weighted by Crippen LogP contribution is 2.31. The standard InChI is InChI=1S/C18H15NO5S/c1-23-18(22)16-11(8-9-24-16)10-12(6-7-15(20)21)17-19-13-4-2-3-5-14(13)25-17/h2-5,8-10H,6-7H2,1H3,(H,20,21). The number of furan rings is 1. The van der Waals surface area contributed by atoms with Crippen molar-refractivity contribution < 1.29 is 23.8 Å². The summed E-state index contributed by atoms with van der Waals surface area (Å²) in [6.45, 7) is 0. The van der Waals surface area contributed by atoms with Gasteiger partial charge in [-0.15, -0.1) is 11.3 Å². The van der Waals surface area contributed by atoms with Crippen LogP contribution in [0.15, 0.2) is 41.0 Å². The van der Waals surface area contributed by atoms with Crippen molar-refractivity contribution in [2.45, 2.75) is 12.8 Å². The molecule has 0 saturated carbocycles. The Bertz CT molecular complexity index is 920. The van der Waals surface area contributed by atoms with E-state index in [4.69, 9.17) is 14.3 Å². The molecule has 1 aromatic carbocycles. The van der Waals surface area contributed by atoms with Gasteiger partial charge < -0.3 is 14.3 Å². The number of rotatable bonds is 6. The highest BCUT2D eigenvalue weighted by atomic mass is 32.1. The van der Waals surface area contributed by atoms with Crippen molar-refractivity contribution in [2.75, 3.05) is 7.11 Å². The minimum Gasteiger partial charge on any atom is -0.481 e. The topological polar surface area (TPSA) is 89.6 Å². The molecule has 0 unspecified atom stereocenters. The molecule has 0 fully saturated rings. The monoisotopic (exact) mass is 357 g/mol. The van der Waals surface area contributed by atoms with Gasteiger partial charge in [0.1, 0.15) is 5.01 Å². The predicted molar refractivity (Wildman–Crippen MR) is 94.4 cm³/mol. The maximum Gasteiger partial charge on any atom is 0.374 e. The van der Waals surface area contributed by atoms with Crippen LogP contribution in [0.1, 0.15) is 34.0 Å². The molecule has 0 amide bonds. The number of carboxylic acid groups (broad SMARTS) is 1. The lowest BCUT2D eigenvalue weighted by atomic mass is 10.1. The van der Waals surface area contributed by atoms with Crippen LogP contribution < -0.4 is 0 Å². The van der Waals surface area contributed by atoms with E-state index in [1.54, 1.807) is 12.1 Å². The number of carboxylic acids is 1. The molecule has 0 bridgehead atoms. The van der Waals surface area contributed by atoms with Gasteiger partial charge in [0.05, 0.1) is 23.6 Å². The van der Waals surface area contributed by atoms with Gasteiger partial charge in [0.2, 0.25) is 5.76 Å². The third-order valence-electron chi connectivity index (χ3n) is 3.57. The first-order valence-electron chi connectivity index (χ1n) is 7.52. The molecule has 0 aliphatic heterocycles. The minimum absolute atomic E-state index is 0.0346. The van der Waals surface area contributed by atoms with Gasteiger partial charge in [0.25, 0.3) is 0 Å². The minimum atomic E-state index is -0.896. The van der Waals surface area contributed by atoms with E-state index in [0.29, 0.717) is 12.0 Å². The van der Waals surface area contributed by atoms with Gasteiger partial charge in [0, 0.05) is 12.0 Å². The zero-order valence-corrected chi connectivity index (χ0v) is 14.2. The molecule has 0 aliphatic rings. The number of methoxy groups -OCH3 is 1. The van der Waals surface area contributed by atoms with E-state index in [2.05, 4.69) is 4.98 Å². The number of thiazole rings is 1. The quantitative estimate of drug-likeness (QED) is 0.669. The third kappa shape index (κ3) is 3.77. The number of ether oxygens (including phenoxy) is 1. The van der Waals surface area contributed by atoms with Crippen LogP contribution >= 0.6 is 11.3 Å². The summed E-state index contributed by atoms with van der Waals surface area (Å²) >= 11 is 1.48. The number of hydrogen-bond donors (Lipinski definition) is 1. The smallest absolute Gasteiger partial charge is 0.374 e. The highest BCUT2D eigenvalue weighted by molar-refractivity contribution is 7.19. The van der Waals surface area contributed by atoms with Crippen LogP contribution in [0.5, 0.6) is 0 Å². The second kappa shape index (κ2) is 7.31. The van der Waals surface area contributed by atoms with Crippen LogP contribution in [0.2, 0.25) is 0 Å². The summed E-state index contributed by atoms with van der Waals surface area (Å²) in [4.78, 5) is 27.3. The van der Waals surface area contributed by atoms with E-state index in [1.807, 2.05) is 24.3 Å². The summed E-state index contributed by atoms with van der Waals surface area (Å²) in [6.07, 6.45) is 3.38. The summed E-state index contributed by atoms with van der Waals surface area (Å²) in [5, 5.41) is 9.74. The van der Waals surface area contributed by atoms with Crippen LogP contribution in [-0.2, 0) is 9.53 Å². The fourth-order valence-electron chi connectivity index (χ4n) is 2.37. The SMILES string of the molecule is COC(=O)c1occc1C=C(CCC(=O)O)c1nc2ccccc2s1. The van der Waals surface area contributed by atoms with Crippen molar-refractivity contribution >= 4 is 45.1 Å². The fourth-order valence-corrected chi connectivity index (χ4v) is 3.38. The van der Waals surface area contributed by atoms with Gasteiger partial charge in [-0.2, -0.15) is 0 Å². The zero-order chi connectivity index (χ0) is 17.8. The molecule has 3 rings (SSSR count). The number of aromatic nitrogens is 1. The van der Waals surface area contributed by atoms with Crippen molar-refractivity contribution in [2.24, 2.45) is 0 Å². The lowest BCUT2D eigenvalue weighted by Crippen LogP contribution is -2.01. The Morgan fingerprint density at radius 3 is 2.80 bits per heavy atom. The number of aliphatic carboxylic acids is 1. The largest absolute Gasteiger partial charge is 0.481 e. The van der Waals surface area contributed by atoms with Gasteiger partial charge in [-0.3, -0.25) is 4.79 Å². The number of hydrogen-bond acceptors (Lipinski definition) is 6. The molecule has 0 aliphatic carbocycles. The first kappa shape index (κ1) is 16.9. The number of nitrogens with zero attached hydrogens (tertiary/aromatic N) is 1. The van der Waals surface area contributed by atoms with Crippen molar-refractivity contribution in [3.05, 3.63) is 52.9 Å². The number of fused-ring (bicyclic) bond motifs is 1. The number of esters is 1. The average molecular weight is 357 g/mol. The number of allylic oxidation sites excluding steroid dienone is 1. The van der Waals surface area contributed by atoms with Crippen LogP contribution in [-0.4, -0.2) is 29.1 Å². The summed E-state index contributed by atoms with van der Waals surface area (Å²) in [5.74, 6) is -1.40. The second-order valence-electron chi connectivity index (χ2n) is 5.25. The molecule has 7 heteroatoms. The lowest BCUT2D eigenvalue weighted by Gasteiger charge is -2.03. The van der Waals surface area contributed by atoms with Crippen molar-refractivity contribution in [1.82, 2.24) is 4.98 Å². The van der Waals surface area contributed by atoms with Gasteiger partial charge in [-0.25, -0.2) is 9.78 Å². The Hall–Kier alpha value is -2.93. The molecule has 128 valence electrons. The molecule has 0 atom stereocenters. The van der Waals surface area contributed by atoms with Crippen LogP contribution in [0.4, 0.5) is 0 Å². The Morgan fingerprint density at radius 1 is 1.28 bits per heavy atom. The van der Waals surface area contributed by atoms with Gasteiger partial charge in [0.15, 0.2) is 0 Å². The van der Waals surface area contributed by atoms with E-state index in [0.717, 1.165) is 20.8 Å². The molecule has 0 radical (unpaired) electrons. The molecule has 0 saturated heterocycles. The molecule has 2 aromatic heterocycles. The highest BCUT2D eigenvalue weighted by Gasteiger charge is 2.17. The number of carbonyl (C=O) groups excluding carboxylic acids is 1. The van der Waals surface area contributed by atoms with Crippen LogP contribution in [0.3, 0.4) is 0 Å². The maximum atomic E-state index is 11.8. The van der Waals surface area contributed by atoms with Gasteiger partial charge in [-0.05, 0) is 36.3 Å². The Balaban J connectivity index is 2.04. The molecule has 6 nitrogen and oxygen atoms in total. The van der Waals surface area contributed by atoms with E-state index in [-0.39, 0.29) is 12.2 Å². The fraction of sp³-hybridized carbons (Fsp3) is 0.167. The summed E-state index contributed by atoms with van der Waals surface area (Å²) in [7, 11) is 1.28. The number of para-hydroxylation sites is 1. The second-order valence-corrected chi connectivity index (χ2v) is 6.28. The van der Waals surface area contributed by atoms with Crippen LogP contribution in [0, 0.1) is 0 Å². The molecule has 3 aromatic rings. The third-order valence-corrected chi connectivity index (χ3v) is 4.68. The molecular weight excluding hydrogens is 342 g/mol. The van der Waals surface area contributed by atoms with Gasteiger partial charge in [-0.1, -0.05) is 12.1 Å². The first-order chi connectivity index (χ1) is 12.1. The number of carbonyl (C=O) groups is 2. The number of benzene rings is 1. The zero-order valence-electron chi connectivity index (χ0n) is 13.4. The van der Waals surface area contributed by atoms with Crippen molar-refractivity contribution in [3.63, 3.8) is 0 Å². The Kier molecular flexibility index (Phi) is 4.95. The van der Waals surface area contributed by atoms with Crippen LogP contribution in [0.25, 0.3) is 21.9 Å². The Labute approximate surface area is 147 Å². The predicted octanol–water partition coefficient (Wildman–Crippen LogP) is 4.08. The molecule has 1 N–H and O–H groups in total. The van der Waals surface area contributed by atoms with Crippen molar-refractivity contribution in [1.29, 1.82) is 0 Å². The van der Waals surface area contributed by atoms with Gasteiger partial charge >= 0.3 is 11.9 Å². The molecule has 2 heterocycles. The van der Waals surface area contributed by atoms with Crippen molar-refractivity contribution in [3.8, 4) is 0 Å². The molecule has 25 heavy (non-hydrogen) atoms. The molecule has 0 spiro atoms. The summed E-state index contributed by atoms with van der Waals surface area (Å²) in [5.41, 5.74) is 2.12. The lowest BCUT2D eigenvalue weighted by molar-refractivity contribution is -0.136. The maximum absolute atomic E-state index is 11.8. The summed E-state index contributed by atoms with van der Waals surface area (Å²) in [6, 6.07) is 9.33. The summed E-state index contributed by atoms with van der Waals surface area (Å²) < 4.78 is 10.9. The van der Waals surface area contributed by atoms with E-state index < -0.39 is 11.9 Å². The van der Waals surface area contributed by atoms with E-state index in [9.17, 15) is 9.59 Å². The first-order valence-corrected chi connectivity index (χ1v) is 8.34. The van der Waals surface area contributed by atoms with E-state index in [1.165, 1.54) is 24.7 Å². The normalized spacial score (nSPS) is 11.6. The average Bonchev–Trinajstić information content (AvgIpc) is 3.23. The Morgan fingerprint density at radius 2 is 2.08 bits per heavy atom. The molecular formula is C18H15NO5S.